The maximum absolute atomic E-state index is 4.08. The van der Waals surface area contributed by atoms with Gasteiger partial charge in [0.05, 0.1) is 18.1 Å². The van der Waals surface area contributed by atoms with Gasteiger partial charge in [0.1, 0.15) is 0 Å². The summed E-state index contributed by atoms with van der Waals surface area (Å²) in [4.78, 5) is 1.62. The summed E-state index contributed by atoms with van der Waals surface area (Å²) in [5.74, 6) is 0. The van der Waals surface area contributed by atoms with E-state index in [9.17, 15) is 0 Å². The van der Waals surface area contributed by atoms with E-state index in [1.54, 1.807) is 17.2 Å². The van der Waals surface area contributed by atoms with Gasteiger partial charge in [0, 0.05) is 5.33 Å². The molecule has 0 atom stereocenters. The summed E-state index contributed by atoms with van der Waals surface area (Å²) < 4.78 is 0. The highest BCUT2D eigenvalue weighted by atomic mass is 79.9. The zero-order valence-corrected chi connectivity index (χ0v) is 8.48. The first-order valence-electron chi connectivity index (χ1n) is 3.92. The minimum Gasteiger partial charge on any atom is -0.157 e. The van der Waals surface area contributed by atoms with E-state index in [1.165, 1.54) is 5.56 Å². The van der Waals surface area contributed by atoms with Gasteiger partial charge in [-0.2, -0.15) is 15.0 Å². The van der Waals surface area contributed by atoms with E-state index < -0.39 is 0 Å². The molecule has 0 saturated heterocycles. The first-order valence-corrected chi connectivity index (χ1v) is 5.04. The summed E-state index contributed by atoms with van der Waals surface area (Å²) in [5, 5.41) is 8.97. The summed E-state index contributed by atoms with van der Waals surface area (Å²) in [6.45, 7) is 0. The first-order chi connectivity index (χ1) is 6.42. The van der Waals surface area contributed by atoms with Crippen molar-refractivity contribution in [2.75, 3.05) is 0 Å². The Morgan fingerprint density at radius 2 is 1.85 bits per heavy atom. The number of alkyl halides is 1. The molecule has 0 saturated carbocycles. The van der Waals surface area contributed by atoms with Crippen LogP contribution in [0.2, 0.25) is 0 Å². The van der Waals surface area contributed by atoms with Gasteiger partial charge in [-0.1, -0.05) is 34.1 Å². The van der Waals surface area contributed by atoms with Gasteiger partial charge in [-0.15, -0.1) is 0 Å². The van der Waals surface area contributed by atoms with Crippen molar-refractivity contribution < 1.29 is 0 Å². The van der Waals surface area contributed by atoms with Crippen LogP contribution in [0.15, 0.2) is 36.7 Å². The Labute approximate surface area is 84.5 Å². The lowest BCUT2D eigenvalue weighted by Gasteiger charge is -2.04. The average Bonchev–Trinajstić information content (AvgIpc) is 2.70. The fourth-order valence-electron chi connectivity index (χ4n) is 1.16. The molecule has 2 rings (SSSR count). The third-order valence-electron chi connectivity index (χ3n) is 1.77. The number of benzene rings is 1. The van der Waals surface area contributed by atoms with Gasteiger partial charge in [-0.25, -0.2) is 0 Å². The SMILES string of the molecule is BrCc1ccccc1-n1nccn1. The molecule has 0 spiro atoms. The van der Waals surface area contributed by atoms with E-state index in [0.717, 1.165) is 11.0 Å². The zero-order chi connectivity index (χ0) is 9.10. The summed E-state index contributed by atoms with van der Waals surface area (Å²) in [6.07, 6.45) is 3.34. The Balaban J connectivity index is 2.51. The molecule has 0 amide bonds. The van der Waals surface area contributed by atoms with Crippen LogP contribution in [0, 0.1) is 0 Å². The quantitative estimate of drug-likeness (QED) is 0.750. The van der Waals surface area contributed by atoms with Crippen molar-refractivity contribution in [2.24, 2.45) is 0 Å². The molecule has 1 aromatic heterocycles. The number of nitrogens with zero attached hydrogens (tertiary/aromatic N) is 3. The van der Waals surface area contributed by atoms with Crippen molar-refractivity contribution in [3.8, 4) is 5.69 Å². The molecule has 0 radical (unpaired) electrons. The molecule has 0 aliphatic rings. The van der Waals surface area contributed by atoms with E-state index in [1.807, 2.05) is 24.3 Å². The van der Waals surface area contributed by atoms with E-state index in [-0.39, 0.29) is 0 Å². The number of halogens is 1. The van der Waals surface area contributed by atoms with Crippen LogP contribution in [-0.4, -0.2) is 15.0 Å². The monoisotopic (exact) mass is 237 g/mol. The maximum atomic E-state index is 4.08. The molecule has 0 aliphatic heterocycles. The molecule has 2 aromatic rings. The summed E-state index contributed by atoms with van der Waals surface area (Å²) in [7, 11) is 0. The minimum absolute atomic E-state index is 0.810. The molecule has 0 bridgehead atoms. The standard InChI is InChI=1S/C9H8BrN3/c10-7-8-3-1-2-4-9(8)13-11-5-6-12-13/h1-6H,7H2. The molecule has 13 heavy (non-hydrogen) atoms. The molecular weight excluding hydrogens is 230 g/mol. The van der Waals surface area contributed by atoms with Crippen LogP contribution in [0.4, 0.5) is 0 Å². The number of hydrogen-bond acceptors (Lipinski definition) is 2. The van der Waals surface area contributed by atoms with Crippen molar-refractivity contribution in [2.45, 2.75) is 5.33 Å². The van der Waals surface area contributed by atoms with E-state index in [2.05, 4.69) is 26.1 Å². The first kappa shape index (κ1) is 8.44. The number of aromatic nitrogens is 3. The summed E-state index contributed by atoms with van der Waals surface area (Å²) >= 11 is 3.43. The predicted octanol–water partition coefficient (Wildman–Crippen LogP) is 2.16. The molecule has 0 N–H and O–H groups in total. The fourth-order valence-corrected chi connectivity index (χ4v) is 1.63. The van der Waals surface area contributed by atoms with Gasteiger partial charge in [0.15, 0.2) is 0 Å². The van der Waals surface area contributed by atoms with Crippen molar-refractivity contribution in [3.05, 3.63) is 42.2 Å². The van der Waals surface area contributed by atoms with Gasteiger partial charge in [0.2, 0.25) is 0 Å². The topological polar surface area (TPSA) is 30.7 Å². The second kappa shape index (κ2) is 3.70. The fraction of sp³-hybridized carbons (Fsp3) is 0.111. The van der Waals surface area contributed by atoms with Crippen LogP contribution in [0.3, 0.4) is 0 Å². The molecule has 0 aliphatic carbocycles. The Bertz CT molecular complexity index is 384. The maximum Gasteiger partial charge on any atom is 0.0897 e. The van der Waals surface area contributed by atoms with Crippen LogP contribution in [0.25, 0.3) is 5.69 Å². The number of hydrogen-bond donors (Lipinski definition) is 0. The normalized spacial score (nSPS) is 10.2. The van der Waals surface area contributed by atoms with E-state index in [0.29, 0.717) is 0 Å². The van der Waals surface area contributed by atoms with E-state index in [4.69, 9.17) is 0 Å². The Kier molecular flexibility index (Phi) is 2.40. The minimum atomic E-state index is 0.810. The van der Waals surface area contributed by atoms with Gasteiger partial charge in [-0.05, 0) is 11.6 Å². The average molecular weight is 238 g/mol. The van der Waals surface area contributed by atoms with Crippen LogP contribution >= 0.6 is 15.9 Å². The third-order valence-corrected chi connectivity index (χ3v) is 2.37. The lowest BCUT2D eigenvalue weighted by Crippen LogP contribution is -2.01. The van der Waals surface area contributed by atoms with Gasteiger partial charge in [0.25, 0.3) is 0 Å². The van der Waals surface area contributed by atoms with Crippen LogP contribution in [-0.2, 0) is 5.33 Å². The second-order valence-electron chi connectivity index (χ2n) is 2.58. The van der Waals surface area contributed by atoms with Gasteiger partial charge in [-0.3, -0.25) is 0 Å². The molecule has 66 valence electrons. The largest absolute Gasteiger partial charge is 0.157 e. The van der Waals surface area contributed by atoms with Crippen molar-refractivity contribution in [3.63, 3.8) is 0 Å². The molecule has 1 aromatic carbocycles. The molecular formula is C9H8BrN3. The zero-order valence-electron chi connectivity index (χ0n) is 6.89. The smallest absolute Gasteiger partial charge is 0.0897 e. The molecule has 1 heterocycles. The van der Waals surface area contributed by atoms with Crippen LogP contribution < -0.4 is 0 Å². The number of rotatable bonds is 2. The van der Waals surface area contributed by atoms with Gasteiger partial charge >= 0.3 is 0 Å². The summed E-state index contributed by atoms with van der Waals surface area (Å²) in [6, 6.07) is 8.03. The van der Waals surface area contributed by atoms with Crippen LogP contribution in [0.1, 0.15) is 5.56 Å². The van der Waals surface area contributed by atoms with Crippen molar-refractivity contribution >= 4 is 15.9 Å². The van der Waals surface area contributed by atoms with E-state index >= 15 is 0 Å². The molecule has 0 fully saturated rings. The molecule has 4 heteroatoms. The second-order valence-corrected chi connectivity index (χ2v) is 3.14. The highest BCUT2D eigenvalue weighted by molar-refractivity contribution is 9.08. The van der Waals surface area contributed by atoms with Crippen molar-refractivity contribution in [1.82, 2.24) is 15.0 Å². The molecule has 3 nitrogen and oxygen atoms in total. The third kappa shape index (κ3) is 1.62. The Hall–Kier alpha value is -1.16. The summed E-state index contributed by atoms with van der Waals surface area (Å²) in [5.41, 5.74) is 2.20. The number of para-hydroxylation sites is 1. The van der Waals surface area contributed by atoms with Crippen LogP contribution in [0.5, 0.6) is 0 Å². The lowest BCUT2D eigenvalue weighted by molar-refractivity contribution is 0.746. The highest BCUT2D eigenvalue weighted by Crippen LogP contribution is 2.14. The van der Waals surface area contributed by atoms with Crippen molar-refractivity contribution in [1.29, 1.82) is 0 Å². The Morgan fingerprint density at radius 3 is 2.54 bits per heavy atom. The highest BCUT2D eigenvalue weighted by Gasteiger charge is 2.02. The molecule has 0 unspecified atom stereocenters. The predicted molar refractivity (Wildman–Crippen MR) is 54.0 cm³/mol. The Morgan fingerprint density at radius 1 is 1.15 bits per heavy atom. The lowest BCUT2D eigenvalue weighted by atomic mass is 10.2. The van der Waals surface area contributed by atoms with Gasteiger partial charge < -0.3 is 0 Å².